The first kappa shape index (κ1) is 22.9. The molecule has 0 aliphatic carbocycles. The summed E-state index contributed by atoms with van der Waals surface area (Å²) in [7, 11) is -3.56. The molecule has 5 rings (SSSR count). The molecule has 0 bridgehead atoms. The Balaban J connectivity index is 1.47. The molecule has 0 radical (unpaired) electrons. The van der Waals surface area contributed by atoms with Gasteiger partial charge in [0.15, 0.2) is 5.65 Å². The molecule has 34 heavy (non-hydrogen) atoms. The summed E-state index contributed by atoms with van der Waals surface area (Å²) < 4.78 is 27.9. The number of rotatable bonds is 5. The lowest BCUT2D eigenvalue weighted by Gasteiger charge is -2.35. The monoisotopic (exact) mass is 502 g/mol. The fourth-order valence-corrected chi connectivity index (χ4v) is 5.53. The van der Waals surface area contributed by atoms with Crippen LogP contribution in [0.25, 0.3) is 5.65 Å². The predicted octanol–water partition coefficient (Wildman–Crippen LogP) is 3.72. The molecule has 0 spiro atoms. The highest BCUT2D eigenvalue weighted by Crippen LogP contribution is 2.34. The summed E-state index contributed by atoms with van der Waals surface area (Å²) in [5.74, 6) is 0.655. The summed E-state index contributed by atoms with van der Waals surface area (Å²) in [5, 5.41) is 5.11. The van der Waals surface area contributed by atoms with Gasteiger partial charge in [0, 0.05) is 24.7 Å². The lowest BCUT2D eigenvalue weighted by Crippen LogP contribution is -2.39. The Labute approximate surface area is 203 Å². The number of anilines is 2. The Kier molecular flexibility index (Phi) is 6.11. The van der Waals surface area contributed by atoms with Gasteiger partial charge < -0.3 is 9.80 Å². The SMILES string of the molecule is CS(=O)(=O)Nc1ccc(Cl)cc1C(=O)N1CCCC[C@H]1c1cn2nc(N3CCCC3)ccc2n1. The fourth-order valence-electron chi connectivity index (χ4n) is 4.78. The van der Waals surface area contributed by atoms with Gasteiger partial charge in [-0.05, 0) is 62.4 Å². The van der Waals surface area contributed by atoms with Gasteiger partial charge in [-0.2, -0.15) is 0 Å². The first-order chi connectivity index (χ1) is 16.3. The van der Waals surface area contributed by atoms with Gasteiger partial charge in [0.25, 0.3) is 5.91 Å². The van der Waals surface area contributed by atoms with Crippen molar-refractivity contribution in [1.82, 2.24) is 19.5 Å². The van der Waals surface area contributed by atoms with E-state index in [1.165, 1.54) is 25.0 Å². The van der Waals surface area contributed by atoms with Crippen LogP contribution in [0.15, 0.2) is 36.5 Å². The van der Waals surface area contributed by atoms with Crippen LogP contribution in [0.2, 0.25) is 5.02 Å². The summed E-state index contributed by atoms with van der Waals surface area (Å²) in [5.41, 5.74) is 1.95. The van der Waals surface area contributed by atoms with Crippen molar-refractivity contribution >= 4 is 44.7 Å². The molecule has 2 saturated heterocycles. The van der Waals surface area contributed by atoms with Crippen LogP contribution in [0, 0.1) is 0 Å². The average Bonchev–Trinajstić information content (AvgIpc) is 3.48. The zero-order valence-corrected chi connectivity index (χ0v) is 20.5. The number of nitrogens with one attached hydrogen (secondary N) is 1. The van der Waals surface area contributed by atoms with Gasteiger partial charge in [-0.3, -0.25) is 9.52 Å². The zero-order chi connectivity index (χ0) is 23.9. The van der Waals surface area contributed by atoms with E-state index in [1.807, 2.05) is 18.3 Å². The number of hydrogen-bond donors (Lipinski definition) is 1. The number of piperidine rings is 1. The number of halogens is 1. The average molecular weight is 503 g/mol. The third-order valence-corrected chi connectivity index (χ3v) is 7.19. The maximum atomic E-state index is 13.7. The molecule has 2 aliphatic heterocycles. The van der Waals surface area contributed by atoms with E-state index in [2.05, 4.69) is 9.62 Å². The lowest BCUT2D eigenvalue weighted by molar-refractivity contribution is 0.0608. The van der Waals surface area contributed by atoms with E-state index in [0.717, 1.165) is 55.8 Å². The van der Waals surface area contributed by atoms with Gasteiger partial charge in [-0.1, -0.05) is 11.6 Å². The molecule has 2 aliphatic rings. The maximum absolute atomic E-state index is 13.7. The number of nitrogens with zero attached hydrogens (tertiary/aromatic N) is 5. The van der Waals surface area contributed by atoms with Gasteiger partial charge in [0.1, 0.15) is 5.82 Å². The molecule has 4 heterocycles. The second kappa shape index (κ2) is 9.07. The molecule has 2 fully saturated rings. The number of fused-ring (bicyclic) bond motifs is 1. The van der Waals surface area contributed by atoms with E-state index in [4.69, 9.17) is 21.7 Å². The highest BCUT2D eigenvalue weighted by molar-refractivity contribution is 7.92. The molecule has 0 unspecified atom stereocenters. The molecule has 1 N–H and O–H groups in total. The Morgan fingerprint density at radius 1 is 1.09 bits per heavy atom. The Hall–Kier alpha value is -2.85. The number of amides is 1. The third kappa shape index (κ3) is 4.69. The summed E-state index contributed by atoms with van der Waals surface area (Å²) >= 11 is 6.17. The number of carbonyl (C=O) groups is 1. The molecule has 2 aromatic heterocycles. The molecule has 180 valence electrons. The molecule has 11 heteroatoms. The minimum absolute atomic E-state index is 0.216. The van der Waals surface area contributed by atoms with Crippen molar-refractivity contribution in [2.75, 3.05) is 35.5 Å². The van der Waals surface area contributed by atoms with Crippen molar-refractivity contribution in [2.45, 2.75) is 38.1 Å². The Morgan fingerprint density at radius 2 is 1.85 bits per heavy atom. The fraction of sp³-hybridized carbons (Fsp3) is 0.435. The number of sulfonamides is 1. The third-order valence-electron chi connectivity index (χ3n) is 6.37. The van der Waals surface area contributed by atoms with Crippen LogP contribution in [-0.2, 0) is 10.0 Å². The second-order valence-corrected chi connectivity index (χ2v) is 11.1. The van der Waals surface area contributed by atoms with Crippen LogP contribution >= 0.6 is 11.6 Å². The summed E-state index contributed by atoms with van der Waals surface area (Å²) in [4.78, 5) is 22.5. The van der Waals surface area contributed by atoms with Gasteiger partial charge >= 0.3 is 0 Å². The van der Waals surface area contributed by atoms with E-state index >= 15 is 0 Å². The van der Waals surface area contributed by atoms with Crippen LogP contribution in [0.5, 0.6) is 0 Å². The van der Waals surface area contributed by atoms with Crippen molar-refractivity contribution in [3.8, 4) is 0 Å². The number of imidazole rings is 1. The highest BCUT2D eigenvalue weighted by Gasteiger charge is 2.32. The minimum atomic E-state index is -3.56. The number of carbonyl (C=O) groups excluding carboxylic acids is 1. The van der Waals surface area contributed by atoms with Gasteiger partial charge in [-0.15, -0.1) is 5.10 Å². The van der Waals surface area contributed by atoms with E-state index in [9.17, 15) is 13.2 Å². The van der Waals surface area contributed by atoms with E-state index in [0.29, 0.717) is 11.6 Å². The maximum Gasteiger partial charge on any atom is 0.256 e. The number of hydrogen-bond acceptors (Lipinski definition) is 6. The molecule has 1 aromatic carbocycles. The van der Waals surface area contributed by atoms with Gasteiger partial charge in [-0.25, -0.2) is 17.9 Å². The topological polar surface area (TPSA) is 99.9 Å². The van der Waals surface area contributed by atoms with E-state index < -0.39 is 10.0 Å². The zero-order valence-electron chi connectivity index (χ0n) is 18.9. The van der Waals surface area contributed by atoms with Crippen LogP contribution in [0.1, 0.15) is 54.2 Å². The number of aromatic nitrogens is 3. The Morgan fingerprint density at radius 3 is 2.62 bits per heavy atom. The van der Waals surface area contributed by atoms with Crippen molar-refractivity contribution in [2.24, 2.45) is 0 Å². The minimum Gasteiger partial charge on any atom is -0.355 e. The van der Waals surface area contributed by atoms with Crippen LogP contribution < -0.4 is 9.62 Å². The molecule has 0 saturated carbocycles. The summed E-state index contributed by atoms with van der Waals surface area (Å²) in [6.45, 7) is 2.57. The standard InChI is InChI=1S/C23H27ClN6O3S/c1-34(32,33)27-18-8-7-16(24)14-17(18)23(31)29-13-3-2-6-20(29)19-15-30-21(25-19)9-10-22(26-30)28-11-4-5-12-28/h7-10,14-15,20,27H,2-6,11-13H2,1H3/t20-/m0/s1. The predicted molar refractivity (Wildman–Crippen MR) is 132 cm³/mol. The van der Waals surface area contributed by atoms with Crippen molar-refractivity contribution in [3.05, 3.63) is 52.8 Å². The van der Waals surface area contributed by atoms with Crippen LogP contribution in [-0.4, -0.2) is 59.7 Å². The molecular weight excluding hydrogens is 476 g/mol. The van der Waals surface area contributed by atoms with Crippen molar-refractivity contribution in [3.63, 3.8) is 0 Å². The van der Waals surface area contributed by atoms with Crippen molar-refractivity contribution in [1.29, 1.82) is 0 Å². The van der Waals surface area contributed by atoms with Crippen molar-refractivity contribution < 1.29 is 13.2 Å². The first-order valence-electron chi connectivity index (χ1n) is 11.5. The smallest absolute Gasteiger partial charge is 0.256 e. The number of benzene rings is 1. The normalized spacial score (nSPS) is 19.1. The van der Waals surface area contributed by atoms with E-state index in [-0.39, 0.29) is 23.2 Å². The largest absolute Gasteiger partial charge is 0.355 e. The summed E-state index contributed by atoms with van der Waals surface area (Å²) in [6, 6.07) is 8.32. The van der Waals surface area contributed by atoms with Crippen LogP contribution in [0.3, 0.4) is 0 Å². The molecular formula is C23H27ClN6O3S. The number of likely N-dealkylation sites (tertiary alicyclic amines) is 1. The molecule has 9 nitrogen and oxygen atoms in total. The highest BCUT2D eigenvalue weighted by atomic mass is 35.5. The molecule has 1 atom stereocenters. The molecule has 1 amide bonds. The Bertz CT molecular complexity index is 1340. The lowest BCUT2D eigenvalue weighted by atomic mass is 9.98. The van der Waals surface area contributed by atoms with Crippen LogP contribution in [0.4, 0.5) is 11.5 Å². The van der Waals surface area contributed by atoms with Gasteiger partial charge in [0.05, 0.1) is 35.4 Å². The first-order valence-corrected chi connectivity index (χ1v) is 13.7. The van der Waals surface area contributed by atoms with Gasteiger partial charge in [0.2, 0.25) is 10.0 Å². The quantitative estimate of drug-likeness (QED) is 0.570. The second-order valence-electron chi connectivity index (χ2n) is 8.93. The van der Waals surface area contributed by atoms with E-state index in [1.54, 1.807) is 15.5 Å². The summed E-state index contributed by atoms with van der Waals surface area (Å²) in [6.07, 6.45) is 7.91. The molecule has 3 aromatic rings.